The summed E-state index contributed by atoms with van der Waals surface area (Å²) in [5.41, 5.74) is 5.08. The highest BCUT2D eigenvalue weighted by molar-refractivity contribution is 5.52. The van der Waals surface area contributed by atoms with Crippen LogP contribution in [0.1, 0.15) is 28.1 Å². The number of hydrogen-bond acceptors (Lipinski definition) is 5. The second-order valence-electron chi connectivity index (χ2n) is 6.73. The average molecular weight is 345 g/mol. The van der Waals surface area contributed by atoms with E-state index in [1.54, 1.807) is 0 Å². The standard InChI is InChI=1S/C21H23N5/c1-15-12-23-16(2)25-20(15)24-13-18-8-5-10-22-21(18)26-11-9-17-6-3-4-7-19(17)14-26/h3-8,10,12H,9,11,13-14H2,1-2H3,(H,23,24,25). The maximum atomic E-state index is 4.68. The van der Waals surface area contributed by atoms with Crippen molar-refractivity contribution in [3.8, 4) is 0 Å². The summed E-state index contributed by atoms with van der Waals surface area (Å²) in [6.45, 7) is 6.52. The number of rotatable bonds is 4. The maximum absolute atomic E-state index is 4.68. The molecule has 0 radical (unpaired) electrons. The van der Waals surface area contributed by atoms with Gasteiger partial charge in [0.1, 0.15) is 17.5 Å². The summed E-state index contributed by atoms with van der Waals surface area (Å²) in [5.74, 6) is 2.71. The first-order valence-corrected chi connectivity index (χ1v) is 9.00. The minimum absolute atomic E-state index is 0.693. The smallest absolute Gasteiger partial charge is 0.133 e. The number of aryl methyl sites for hydroxylation is 2. The molecule has 3 heterocycles. The number of fused-ring (bicyclic) bond motifs is 1. The van der Waals surface area contributed by atoms with Crippen LogP contribution < -0.4 is 10.2 Å². The van der Waals surface area contributed by atoms with Crippen LogP contribution in [0.2, 0.25) is 0 Å². The summed E-state index contributed by atoms with van der Waals surface area (Å²) in [6.07, 6.45) is 4.79. The van der Waals surface area contributed by atoms with Crippen LogP contribution in [0.15, 0.2) is 48.8 Å². The van der Waals surface area contributed by atoms with Crippen molar-refractivity contribution in [2.75, 3.05) is 16.8 Å². The average Bonchev–Trinajstić information content (AvgIpc) is 2.68. The number of anilines is 2. The second kappa shape index (κ2) is 7.12. The van der Waals surface area contributed by atoms with Gasteiger partial charge in [-0.3, -0.25) is 0 Å². The Balaban J connectivity index is 1.55. The molecule has 0 bridgehead atoms. The van der Waals surface area contributed by atoms with Crippen LogP contribution in [0.4, 0.5) is 11.6 Å². The van der Waals surface area contributed by atoms with Crippen molar-refractivity contribution < 1.29 is 0 Å². The highest BCUT2D eigenvalue weighted by Crippen LogP contribution is 2.26. The van der Waals surface area contributed by atoms with E-state index in [0.29, 0.717) is 6.54 Å². The van der Waals surface area contributed by atoms with Gasteiger partial charge in [-0.2, -0.15) is 0 Å². The van der Waals surface area contributed by atoms with Crippen molar-refractivity contribution in [3.63, 3.8) is 0 Å². The Morgan fingerprint density at radius 2 is 1.88 bits per heavy atom. The lowest BCUT2D eigenvalue weighted by Gasteiger charge is -2.31. The second-order valence-corrected chi connectivity index (χ2v) is 6.73. The molecule has 4 rings (SSSR count). The lowest BCUT2D eigenvalue weighted by Crippen LogP contribution is -2.32. The van der Waals surface area contributed by atoms with E-state index in [0.717, 1.165) is 42.5 Å². The van der Waals surface area contributed by atoms with Crippen molar-refractivity contribution in [2.45, 2.75) is 33.4 Å². The molecule has 0 atom stereocenters. The van der Waals surface area contributed by atoms with E-state index in [9.17, 15) is 0 Å². The van der Waals surface area contributed by atoms with Gasteiger partial charge in [-0.1, -0.05) is 30.3 Å². The Bertz CT molecular complexity index is 922. The molecule has 132 valence electrons. The summed E-state index contributed by atoms with van der Waals surface area (Å²) in [7, 11) is 0. The Kier molecular flexibility index (Phi) is 4.52. The fourth-order valence-corrected chi connectivity index (χ4v) is 3.42. The van der Waals surface area contributed by atoms with Crippen LogP contribution in [-0.4, -0.2) is 21.5 Å². The van der Waals surface area contributed by atoms with Gasteiger partial charge < -0.3 is 10.2 Å². The summed E-state index contributed by atoms with van der Waals surface area (Å²) >= 11 is 0. The van der Waals surface area contributed by atoms with Crippen molar-refractivity contribution in [2.24, 2.45) is 0 Å². The zero-order valence-electron chi connectivity index (χ0n) is 15.2. The van der Waals surface area contributed by atoms with Crippen molar-refractivity contribution in [1.29, 1.82) is 0 Å². The molecule has 0 fully saturated rings. The third-order valence-electron chi connectivity index (χ3n) is 4.84. The first kappa shape index (κ1) is 16.5. The molecule has 2 aromatic heterocycles. The Labute approximate surface area is 154 Å². The number of nitrogens with one attached hydrogen (secondary N) is 1. The number of pyridine rings is 1. The molecular formula is C21H23N5. The third-order valence-corrected chi connectivity index (χ3v) is 4.84. The van der Waals surface area contributed by atoms with Crippen molar-refractivity contribution >= 4 is 11.6 Å². The minimum Gasteiger partial charge on any atom is -0.366 e. The van der Waals surface area contributed by atoms with Crippen LogP contribution in [-0.2, 0) is 19.5 Å². The molecule has 5 heteroatoms. The van der Waals surface area contributed by atoms with Gasteiger partial charge in [0.2, 0.25) is 0 Å². The molecule has 1 aliphatic rings. The molecule has 0 spiro atoms. The SMILES string of the molecule is Cc1ncc(C)c(NCc2cccnc2N2CCc3ccccc3C2)n1. The predicted molar refractivity (Wildman–Crippen MR) is 104 cm³/mol. The molecule has 0 saturated carbocycles. The normalized spacial score (nSPS) is 13.4. The maximum Gasteiger partial charge on any atom is 0.133 e. The molecule has 26 heavy (non-hydrogen) atoms. The topological polar surface area (TPSA) is 53.9 Å². The molecular weight excluding hydrogens is 322 g/mol. The lowest BCUT2D eigenvalue weighted by atomic mass is 9.99. The van der Waals surface area contributed by atoms with E-state index >= 15 is 0 Å². The highest BCUT2D eigenvalue weighted by atomic mass is 15.2. The van der Waals surface area contributed by atoms with Crippen LogP contribution in [0, 0.1) is 13.8 Å². The van der Waals surface area contributed by atoms with Crippen molar-refractivity contribution in [3.05, 3.63) is 76.9 Å². The number of nitrogens with zero attached hydrogens (tertiary/aromatic N) is 4. The molecule has 1 aliphatic heterocycles. The summed E-state index contributed by atoms with van der Waals surface area (Å²) in [6, 6.07) is 12.8. The van der Waals surface area contributed by atoms with Crippen LogP contribution in [0.5, 0.6) is 0 Å². The van der Waals surface area contributed by atoms with E-state index in [1.165, 1.54) is 16.7 Å². The van der Waals surface area contributed by atoms with E-state index in [4.69, 9.17) is 0 Å². The van der Waals surface area contributed by atoms with Gasteiger partial charge >= 0.3 is 0 Å². The lowest BCUT2D eigenvalue weighted by molar-refractivity contribution is 0.716. The zero-order valence-corrected chi connectivity index (χ0v) is 15.2. The number of hydrogen-bond donors (Lipinski definition) is 1. The molecule has 0 amide bonds. The van der Waals surface area contributed by atoms with Crippen LogP contribution >= 0.6 is 0 Å². The monoisotopic (exact) mass is 345 g/mol. The van der Waals surface area contributed by atoms with Gasteiger partial charge in [0.05, 0.1) is 0 Å². The molecule has 0 aliphatic carbocycles. The van der Waals surface area contributed by atoms with E-state index in [2.05, 4.69) is 55.5 Å². The van der Waals surface area contributed by atoms with Gasteiger partial charge in [0.25, 0.3) is 0 Å². The molecule has 0 saturated heterocycles. The van der Waals surface area contributed by atoms with Gasteiger partial charge in [0.15, 0.2) is 0 Å². The van der Waals surface area contributed by atoms with Crippen LogP contribution in [0.3, 0.4) is 0 Å². The number of benzene rings is 1. The first-order valence-electron chi connectivity index (χ1n) is 9.00. The van der Waals surface area contributed by atoms with Crippen molar-refractivity contribution in [1.82, 2.24) is 15.0 Å². The summed E-state index contributed by atoms with van der Waals surface area (Å²) in [5, 5.41) is 3.45. The molecule has 1 aromatic carbocycles. The largest absolute Gasteiger partial charge is 0.366 e. The zero-order chi connectivity index (χ0) is 17.9. The van der Waals surface area contributed by atoms with Gasteiger partial charge in [-0.15, -0.1) is 0 Å². The first-order chi connectivity index (χ1) is 12.7. The molecule has 1 N–H and O–H groups in total. The minimum atomic E-state index is 0.693. The Morgan fingerprint density at radius 3 is 2.77 bits per heavy atom. The predicted octanol–water partition coefficient (Wildman–Crippen LogP) is 3.66. The molecule has 3 aromatic rings. The van der Waals surface area contributed by atoms with E-state index < -0.39 is 0 Å². The highest BCUT2D eigenvalue weighted by Gasteiger charge is 2.19. The Hall–Kier alpha value is -2.95. The quantitative estimate of drug-likeness (QED) is 0.782. The summed E-state index contributed by atoms with van der Waals surface area (Å²) < 4.78 is 0. The fraction of sp³-hybridized carbons (Fsp3) is 0.286. The van der Waals surface area contributed by atoms with E-state index in [-0.39, 0.29) is 0 Å². The molecule has 5 nitrogen and oxygen atoms in total. The van der Waals surface area contributed by atoms with Gasteiger partial charge in [-0.05, 0) is 37.5 Å². The van der Waals surface area contributed by atoms with Gasteiger partial charge in [0, 0.05) is 43.2 Å². The summed E-state index contributed by atoms with van der Waals surface area (Å²) in [4.78, 5) is 15.8. The molecule has 0 unspecified atom stereocenters. The third kappa shape index (κ3) is 3.38. The van der Waals surface area contributed by atoms with E-state index in [1.807, 2.05) is 32.3 Å². The van der Waals surface area contributed by atoms with Crippen LogP contribution in [0.25, 0.3) is 0 Å². The fourth-order valence-electron chi connectivity index (χ4n) is 3.42. The Morgan fingerprint density at radius 1 is 1.04 bits per heavy atom. The van der Waals surface area contributed by atoms with Gasteiger partial charge in [-0.25, -0.2) is 15.0 Å². The number of aromatic nitrogens is 3.